The molecule has 0 bridgehead atoms. The SMILES string of the molecule is O=C(Nc1ccc(OCF)c(N2CC3CC3C2)c1)c1ccc(NS(=O)(=O)CCO)cc1N1CCC2(CC1)CC2. The number of aliphatic hydroxyl groups excluding tert-OH is 1. The second-order valence-electron chi connectivity index (χ2n) is 11.4. The molecule has 2 saturated carbocycles. The van der Waals surface area contributed by atoms with Crippen molar-refractivity contribution in [3.05, 3.63) is 42.0 Å². The number of ether oxygens (including phenoxy) is 1. The summed E-state index contributed by atoms with van der Waals surface area (Å²) in [6.45, 7) is 1.99. The number of hydrogen-bond donors (Lipinski definition) is 3. The first-order valence-corrected chi connectivity index (χ1v) is 15.3. The summed E-state index contributed by atoms with van der Waals surface area (Å²) < 4.78 is 45.3. The summed E-state index contributed by atoms with van der Waals surface area (Å²) >= 11 is 0. The second-order valence-corrected chi connectivity index (χ2v) is 13.3. The molecule has 0 aromatic heterocycles. The number of fused-ring (bicyclic) bond motifs is 1. The summed E-state index contributed by atoms with van der Waals surface area (Å²) in [6, 6.07) is 10.1. The van der Waals surface area contributed by atoms with Gasteiger partial charge in [-0.05, 0) is 85.8 Å². The highest BCUT2D eigenvalue weighted by Crippen LogP contribution is 2.54. The van der Waals surface area contributed by atoms with E-state index < -0.39 is 29.2 Å². The first kappa shape index (κ1) is 26.2. The molecular formula is C28H35FN4O5S. The van der Waals surface area contributed by atoms with Crippen LogP contribution in [0.2, 0.25) is 0 Å². The predicted molar refractivity (Wildman–Crippen MR) is 149 cm³/mol. The Hall–Kier alpha value is -3.05. The summed E-state index contributed by atoms with van der Waals surface area (Å²) in [7, 11) is -3.71. The van der Waals surface area contributed by atoms with Gasteiger partial charge in [0, 0.05) is 31.9 Å². The number of carbonyl (C=O) groups is 1. The topological polar surface area (TPSA) is 111 Å². The standard InChI is InChI=1S/C28H35FN4O5S/c29-18-38-26-4-2-21(14-25(26)33-16-19-13-20(19)17-33)30-27(35)23-3-1-22(31-39(36,37)12-11-34)15-24(23)32-9-7-28(5-6-28)8-10-32/h1-4,14-15,19-20,31,34H,5-13,16-18H2,(H,30,35). The lowest BCUT2D eigenvalue weighted by Gasteiger charge is -2.35. The van der Waals surface area contributed by atoms with Crippen LogP contribution in [0.3, 0.4) is 0 Å². The number of nitrogens with one attached hydrogen (secondary N) is 2. The lowest BCUT2D eigenvalue weighted by molar-refractivity contribution is 0.102. The fourth-order valence-electron chi connectivity index (χ4n) is 6.11. The Labute approximate surface area is 228 Å². The molecule has 1 spiro atoms. The molecule has 2 unspecified atom stereocenters. The maximum Gasteiger partial charge on any atom is 0.257 e. The number of halogens is 1. The summed E-state index contributed by atoms with van der Waals surface area (Å²) in [5.41, 5.74) is 3.26. The Balaban J connectivity index is 1.26. The Morgan fingerprint density at radius 3 is 2.36 bits per heavy atom. The van der Waals surface area contributed by atoms with Crippen LogP contribution in [0.4, 0.5) is 27.1 Å². The minimum absolute atomic E-state index is 0.309. The van der Waals surface area contributed by atoms with Crippen LogP contribution < -0.4 is 24.6 Å². The van der Waals surface area contributed by atoms with E-state index in [1.165, 1.54) is 19.3 Å². The maximum absolute atomic E-state index is 13.6. The highest BCUT2D eigenvalue weighted by atomic mass is 32.2. The summed E-state index contributed by atoms with van der Waals surface area (Å²) in [6.07, 6.45) is 5.83. The molecule has 11 heteroatoms. The number of piperidine rings is 2. The van der Waals surface area contributed by atoms with Gasteiger partial charge in [0.25, 0.3) is 5.91 Å². The smallest absolute Gasteiger partial charge is 0.257 e. The quantitative estimate of drug-likeness (QED) is 0.407. The number of aliphatic hydroxyl groups is 1. The molecule has 39 heavy (non-hydrogen) atoms. The molecule has 2 saturated heterocycles. The van der Waals surface area contributed by atoms with Crippen molar-refractivity contribution in [2.45, 2.75) is 32.1 Å². The van der Waals surface area contributed by atoms with Gasteiger partial charge in [-0.25, -0.2) is 12.8 Å². The zero-order valence-corrected chi connectivity index (χ0v) is 22.7. The molecule has 2 aliphatic carbocycles. The summed E-state index contributed by atoms with van der Waals surface area (Å²) in [5.74, 6) is 1.10. The molecule has 2 aromatic carbocycles. The average Bonchev–Trinajstić information content (AvgIpc) is 3.81. The van der Waals surface area contributed by atoms with E-state index in [1.807, 2.05) is 6.07 Å². The summed E-state index contributed by atoms with van der Waals surface area (Å²) in [5, 5.41) is 12.1. The fraction of sp³-hybridized carbons (Fsp3) is 0.536. The molecule has 0 radical (unpaired) electrons. The Morgan fingerprint density at radius 1 is 1.00 bits per heavy atom. The van der Waals surface area contributed by atoms with Gasteiger partial charge in [0.1, 0.15) is 5.75 Å². The van der Waals surface area contributed by atoms with Crippen LogP contribution in [0.15, 0.2) is 36.4 Å². The van der Waals surface area contributed by atoms with Gasteiger partial charge in [0.2, 0.25) is 16.9 Å². The molecule has 2 aromatic rings. The van der Waals surface area contributed by atoms with E-state index in [4.69, 9.17) is 9.84 Å². The third-order valence-electron chi connectivity index (χ3n) is 8.74. The summed E-state index contributed by atoms with van der Waals surface area (Å²) in [4.78, 5) is 18.0. The minimum atomic E-state index is -3.71. The minimum Gasteiger partial charge on any atom is -0.461 e. The van der Waals surface area contributed by atoms with Crippen molar-refractivity contribution >= 4 is 38.7 Å². The van der Waals surface area contributed by atoms with Crippen LogP contribution in [0.5, 0.6) is 5.75 Å². The molecule has 2 heterocycles. The van der Waals surface area contributed by atoms with Gasteiger partial charge >= 0.3 is 0 Å². The van der Waals surface area contributed by atoms with Crippen LogP contribution in [-0.2, 0) is 10.0 Å². The lowest BCUT2D eigenvalue weighted by atomic mass is 9.93. The second kappa shape index (κ2) is 10.2. The molecule has 4 aliphatic rings. The normalized spacial score (nSPS) is 22.9. The Bertz CT molecular complexity index is 1350. The van der Waals surface area contributed by atoms with Crippen molar-refractivity contribution in [2.75, 3.05) is 65.2 Å². The van der Waals surface area contributed by atoms with E-state index >= 15 is 0 Å². The Kier molecular flexibility index (Phi) is 6.83. The van der Waals surface area contributed by atoms with Gasteiger partial charge in [0.15, 0.2) is 0 Å². The lowest BCUT2D eigenvalue weighted by Crippen LogP contribution is -2.35. The van der Waals surface area contributed by atoms with Crippen molar-refractivity contribution < 1.29 is 27.4 Å². The van der Waals surface area contributed by atoms with E-state index in [2.05, 4.69) is 19.8 Å². The third kappa shape index (κ3) is 5.65. The van der Waals surface area contributed by atoms with Crippen LogP contribution in [0.25, 0.3) is 0 Å². The maximum atomic E-state index is 13.6. The van der Waals surface area contributed by atoms with Crippen molar-refractivity contribution in [3.63, 3.8) is 0 Å². The van der Waals surface area contributed by atoms with Gasteiger partial charge in [0.05, 0.1) is 35.0 Å². The highest BCUT2D eigenvalue weighted by molar-refractivity contribution is 7.92. The molecule has 1 amide bonds. The van der Waals surface area contributed by atoms with Crippen LogP contribution in [0.1, 0.15) is 42.5 Å². The predicted octanol–water partition coefficient (Wildman–Crippen LogP) is 3.82. The third-order valence-corrected chi connectivity index (χ3v) is 10.0. The molecule has 2 aliphatic heterocycles. The first-order valence-electron chi connectivity index (χ1n) is 13.7. The number of carbonyl (C=O) groups excluding carboxylic acids is 1. The fourth-order valence-corrected chi connectivity index (χ4v) is 6.94. The van der Waals surface area contributed by atoms with Gasteiger partial charge in [-0.1, -0.05) is 0 Å². The number of benzene rings is 2. The molecule has 210 valence electrons. The van der Waals surface area contributed by atoms with Crippen molar-refractivity contribution in [3.8, 4) is 5.75 Å². The van der Waals surface area contributed by atoms with E-state index in [0.717, 1.165) is 44.7 Å². The molecular weight excluding hydrogens is 523 g/mol. The highest BCUT2D eigenvalue weighted by Gasteiger charge is 2.46. The number of hydrogen-bond acceptors (Lipinski definition) is 7. The van der Waals surface area contributed by atoms with Gasteiger partial charge in [-0.2, -0.15) is 0 Å². The van der Waals surface area contributed by atoms with Crippen LogP contribution in [0, 0.1) is 17.3 Å². The van der Waals surface area contributed by atoms with Crippen LogP contribution in [-0.4, -0.2) is 64.8 Å². The number of anilines is 4. The van der Waals surface area contributed by atoms with E-state index in [0.29, 0.717) is 45.6 Å². The van der Waals surface area contributed by atoms with Gasteiger partial charge in [-0.15, -0.1) is 0 Å². The van der Waals surface area contributed by atoms with Crippen molar-refractivity contribution in [1.82, 2.24) is 0 Å². The number of amides is 1. The molecule has 3 N–H and O–H groups in total. The monoisotopic (exact) mass is 558 g/mol. The first-order chi connectivity index (χ1) is 18.8. The molecule has 6 rings (SSSR count). The average molecular weight is 559 g/mol. The molecule has 4 fully saturated rings. The van der Waals surface area contributed by atoms with Crippen LogP contribution >= 0.6 is 0 Å². The van der Waals surface area contributed by atoms with Crippen molar-refractivity contribution in [2.24, 2.45) is 17.3 Å². The van der Waals surface area contributed by atoms with Gasteiger partial charge in [-0.3, -0.25) is 9.52 Å². The zero-order valence-electron chi connectivity index (χ0n) is 21.9. The van der Waals surface area contributed by atoms with Crippen molar-refractivity contribution in [1.29, 1.82) is 0 Å². The number of alkyl halides is 1. The van der Waals surface area contributed by atoms with E-state index in [9.17, 15) is 17.6 Å². The Morgan fingerprint density at radius 2 is 1.69 bits per heavy atom. The number of rotatable bonds is 10. The number of nitrogens with zero attached hydrogens (tertiary/aromatic N) is 2. The van der Waals surface area contributed by atoms with E-state index in [1.54, 1.807) is 30.3 Å². The van der Waals surface area contributed by atoms with E-state index in [-0.39, 0.29) is 5.91 Å². The largest absolute Gasteiger partial charge is 0.461 e. The number of sulfonamides is 1. The zero-order chi connectivity index (χ0) is 27.2. The molecule has 2 atom stereocenters. The molecule has 9 nitrogen and oxygen atoms in total. The van der Waals surface area contributed by atoms with Gasteiger partial charge < -0.3 is 25.0 Å².